The number of aliphatic carboxylic acids is 1. The number of carboxylic acid groups (broad SMARTS) is 1. The lowest BCUT2D eigenvalue weighted by atomic mass is 10.5. The van der Waals surface area contributed by atoms with E-state index in [9.17, 15) is 9.59 Å². The average Bonchev–Trinajstić information content (AvgIpc) is 2.30. The van der Waals surface area contributed by atoms with Crippen LogP contribution in [-0.2, 0) is 9.63 Å². The van der Waals surface area contributed by atoms with Crippen LogP contribution in [0.2, 0.25) is 0 Å². The molecule has 0 aliphatic heterocycles. The summed E-state index contributed by atoms with van der Waals surface area (Å²) in [4.78, 5) is 26.6. The third kappa shape index (κ3) is 8.72. The highest BCUT2D eigenvalue weighted by Crippen LogP contribution is 2.03. The molecule has 0 aromatic heterocycles. The van der Waals surface area contributed by atoms with Gasteiger partial charge in [0, 0.05) is 25.7 Å². The summed E-state index contributed by atoms with van der Waals surface area (Å²) >= 11 is 5.75. The molecule has 3 N–H and O–H groups in total. The summed E-state index contributed by atoms with van der Waals surface area (Å²) in [6.07, 6.45) is -0.0710. The van der Waals surface area contributed by atoms with Crippen LogP contribution in [0.3, 0.4) is 0 Å². The zero-order chi connectivity index (χ0) is 13.3. The minimum atomic E-state index is -0.904. The highest BCUT2D eigenvalue weighted by molar-refractivity contribution is 7.95. The molecule has 0 aromatic carbocycles. The number of hydrogen-bond donors (Lipinski definition) is 3. The van der Waals surface area contributed by atoms with Crippen LogP contribution in [-0.4, -0.2) is 40.1 Å². The van der Waals surface area contributed by atoms with Gasteiger partial charge in [-0.25, -0.2) is 19.3 Å². The van der Waals surface area contributed by atoms with E-state index in [1.54, 1.807) is 0 Å². The second kappa shape index (κ2) is 9.02. The van der Waals surface area contributed by atoms with Gasteiger partial charge in [0.1, 0.15) is 4.99 Å². The topological polar surface area (TPSA) is 90.9 Å². The molecular formula is C8H15N3O4S2. The fourth-order valence-corrected chi connectivity index (χ4v) is 1.12. The van der Waals surface area contributed by atoms with Crippen molar-refractivity contribution < 1.29 is 19.5 Å². The molecule has 0 radical (unpaired) electrons. The minimum absolute atomic E-state index is 0.0198. The number of carbonyl (C=O) groups is 2. The van der Waals surface area contributed by atoms with Crippen molar-refractivity contribution in [2.75, 3.05) is 13.6 Å². The first kappa shape index (κ1) is 15.9. The normalized spacial score (nSPS) is 9.53. The lowest BCUT2D eigenvalue weighted by molar-refractivity contribution is -0.136. The van der Waals surface area contributed by atoms with Gasteiger partial charge >= 0.3 is 12.1 Å². The largest absolute Gasteiger partial charge is 0.481 e. The smallest absolute Gasteiger partial charge is 0.444 e. The second-order valence-electron chi connectivity index (χ2n) is 2.87. The zero-order valence-electron chi connectivity index (χ0n) is 9.56. The van der Waals surface area contributed by atoms with E-state index in [-0.39, 0.29) is 13.0 Å². The van der Waals surface area contributed by atoms with Gasteiger partial charge in [-0.15, -0.1) is 0 Å². The molecule has 17 heavy (non-hydrogen) atoms. The third-order valence-electron chi connectivity index (χ3n) is 1.47. The van der Waals surface area contributed by atoms with Crippen LogP contribution in [0.4, 0.5) is 4.79 Å². The van der Waals surface area contributed by atoms with E-state index in [1.165, 1.54) is 11.4 Å². The summed E-state index contributed by atoms with van der Waals surface area (Å²) in [5.41, 5.74) is 2.33. The van der Waals surface area contributed by atoms with Gasteiger partial charge in [-0.1, -0.05) is 19.1 Å². The van der Waals surface area contributed by atoms with E-state index in [0.29, 0.717) is 11.4 Å². The molecule has 0 saturated carbocycles. The van der Waals surface area contributed by atoms with Crippen LogP contribution < -0.4 is 10.2 Å². The molecule has 0 spiro atoms. The molecule has 0 rings (SSSR count). The van der Waals surface area contributed by atoms with Gasteiger partial charge in [0.2, 0.25) is 0 Å². The van der Waals surface area contributed by atoms with Crippen molar-refractivity contribution >= 4 is 41.4 Å². The molecule has 0 aliphatic carbocycles. The maximum atomic E-state index is 11.3. The van der Waals surface area contributed by atoms with Crippen molar-refractivity contribution in [2.24, 2.45) is 0 Å². The Morgan fingerprint density at radius 3 is 2.71 bits per heavy atom. The number of carboxylic acids is 1. The monoisotopic (exact) mass is 281 g/mol. The van der Waals surface area contributed by atoms with E-state index in [4.69, 9.17) is 17.3 Å². The van der Waals surface area contributed by atoms with Crippen molar-refractivity contribution in [1.29, 1.82) is 0 Å². The van der Waals surface area contributed by atoms with Gasteiger partial charge < -0.3 is 9.94 Å². The Bertz CT molecular complexity index is 288. The Kier molecular flexibility index (Phi) is 8.46. The Balaban J connectivity index is 3.67. The number of nitrogens with zero attached hydrogens (tertiary/aromatic N) is 1. The summed E-state index contributed by atoms with van der Waals surface area (Å²) in [5, 5.41) is 8.38. The molecule has 98 valence electrons. The second-order valence-corrected chi connectivity index (χ2v) is 4.39. The lowest BCUT2D eigenvalue weighted by Crippen LogP contribution is -2.32. The van der Waals surface area contributed by atoms with Crippen molar-refractivity contribution in [1.82, 2.24) is 14.5 Å². The molecule has 0 atom stereocenters. The van der Waals surface area contributed by atoms with Crippen molar-refractivity contribution in [2.45, 2.75) is 19.8 Å². The molecule has 0 bridgehead atoms. The predicted octanol–water partition coefficient (Wildman–Crippen LogP) is 0.924. The number of hydrogen-bond acceptors (Lipinski definition) is 6. The first-order valence-corrected chi connectivity index (χ1v) is 6.00. The minimum Gasteiger partial charge on any atom is -0.481 e. The van der Waals surface area contributed by atoms with E-state index < -0.39 is 12.1 Å². The predicted molar refractivity (Wildman–Crippen MR) is 68.1 cm³/mol. The zero-order valence-corrected chi connectivity index (χ0v) is 11.2. The van der Waals surface area contributed by atoms with Crippen molar-refractivity contribution in [3.63, 3.8) is 0 Å². The molecule has 9 heteroatoms. The summed E-state index contributed by atoms with van der Waals surface area (Å²) < 4.78 is 3.87. The van der Waals surface area contributed by atoms with E-state index in [1.807, 2.05) is 6.92 Å². The fraction of sp³-hybridized carbons (Fsp3) is 0.625. The molecule has 0 unspecified atom stereocenters. The number of rotatable bonds is 6. The van der Waals surface area contributed by atoms with Crippen molar-refractivity contribution in [3.8, 4) is 0 Å². The van der Waals surface area contributed by atoms with Crippen LogP contribution in [0.1, 0.15) is 19.8 Å². The Labute approximate surface area is 109 Å². The third-order valence-corrected chi connectivity index (χ3v) is 2.60. The molecule has 0 aromatic rings. The summed E-state index contributed by atoms with van der Waals surface area (Å²) in [7, 11) is 1.48. The molecule has 7 nitrogen and oxygen atoms in total. The first-order valence-electron chi connectivity index (χ1n) is 4.82. The molecule has 0 saturated heterocycles. The van der Waals surface area contributed by atoms with Gasteiger partial charge in [-0.3, -0.25) is 4.79 Å². The number of amides is 1. The van der Waals surface area contributed by atoms with Gasteiger partial charge in [-0.2, -0.15) is 0 Å². The summed E-state index contributed by atoms with van der Waals surface area (Å²) in [6, 6.07) is 0. The fourth-order valence-electron chi connectivity index (χ4n) is 0.575. The molecule has 0 aliphatic rings. The average molecular weight is 281 g/mol. The van der Waals surface area contributed by atoms with Crippen molar-refractivity contribution in [3.05, 3.63) is 0 Å². The number of nitrogens with one attached hydrogen (secondary N) is 2. The summed E-state index contributed by atoms with van der Waals surface area (Å²) in [5.74, 6) is -0.904. The molecular weight excluding hydrogens is 266 g/mol. The van der Waals surface area contributed by atoms with E-state index >= 15 is 0 Å². The van der Waals surface area contributed by atoms with Crippen LogP contribution in [0.5, 0.6) is 0 Å². The standard InChI is InChI=1S/C8H15N3O4S2/c1-3-6(16)10-15-8(14)11(2)17-9-5-4-7(12)13/h9H,3-5H2,1-2H3,(H,10,16)(H,12,13). The number of carbonyl (C=O) groups excluding carboxylic acids is 1. The lowest BCUT2D eigenvalue weighted by Gasteiger charge is -2.15. The first-order chi connectivity index (χ1) is 7.97. The van der Waals surface area contributed by atoms with Gasteiger partial charge in [-0.05, 0) is 6.42 Å². The Morgan fingerprint density at radius 2 is 2.18 bits per heavy atom. The number of hydroxylamine groups is 1. The van der Waals surface area contributed by atoms with Crippen LogP contribution in [0.25, 0.3) is 0 Å². The van der Waals surface area contributed by atoms with Gasteiger partial charge in [0.15, 0.2) is 0 Å². The maximum Gasteiger partial charge on any atom is 0.444 e. The quantitative estimate of drug-likeness (QED) is 0.287. The maximum absolute atomic E-state index is 11.3. The van der Waals surface area contributed by atoms with Gasteiger partial charge in [0.05, 0.1) is 6.42 Å². The molecule has 0 fully saturated rings. The van der Waals surface area contributed by atoms with Crippen LogP contribution in [0.15, 0.2) is 0 Å². The van der Waals surface area contributed by atoms with Gasteiger partial charge in [0.25, 0.3) is 0 Å². The van der Waals surface area contributed by atoms with Crippen LogP contribution in [0, 0.1) is 0 Å². The molecule has 1 amide bonds. The SMILES string of the molecule is CCC(=S)NOC(=O)N(C)SNCCC(=O)O. The summed E-state index contributed by atoms with van der Waals surface area (Å²) in [6.45, 7) is 2.08. The van der Waals surface area contributed by atoms with E-state index in [2.05, 4.69) is 15.0 Å². The van der Waals surface area contributed by atoms with E-state index in [0.717, 1.165) is 12.1 Å². The highest BCUT2D eigenvalue weighted by atomic mass is 32.2. The van der Waals surface area contributed by atoms with Crippen LogP contribution >= 0.6 is 24.4 Å². The highest BCUT2D eigenvalue weighted by Gasteiger charge is 2.11. The number of thiocarbonyl (C=S) groups is 1. The Morgan fingerprint density at radius 1 is 1.53 bits per heavy atom. The Hall–Kier alpha value is -1.06. The molecule has 0 heterocycles.